The fraction of sp³-hybridized carbons (Fsp3) is 0.214. The Morgan fingerprint density at radius 3 is 2.89 bits per heavy atom. The van der Waals surface area contributed by atoms with Crippen molar-refractivity contribution < 1.29 is 9.21 Å². The Bertz CT molecular complexity index is 623. The van der Waals surface area contributed by atoms with Crippen molar-refractivity contribution >= 4 is 5.91 Å². The van der Waals surface area contributed by atoms with Gasteiger partial charge in [0.1, 0.15) is 12.3 Å². The summed E-state index contributed by atoms with van der Waals surface area (Å²) in [5.74, 6) is -0.0714. The van der Waals surface area contributed by atoms with Gasteiger partial charge in [0.25, 0.3) is 5.91 Å². The molecule has 0 aliphatic carbocycles. The number of hydrogen-bond acceptors (Lipinski definition) is 4. The fourth-order valence-corrected chi connectivity index (χ4v) is 1.63. The number of pyridine rings is 1. The van der Waals surface area contributed by atoms with Gasteiger partial charge in [-0.2, -0.15) is 5.26 Å². The Balaban J connectivity index is 2.07. The number of amides is 1. The van der Waals surface area contributed by atoms with E-state index in [4.69, 9.17) is 9.68 Å². The Hall–Kier alpha value is -2.61. The summed E-state index contributed by atoms with van der Waals surface area (Å²) in [6.07, 6.45) is 3.05. The van der Waals surface area contributed by atoms with Crippen LogP contribution in [0.3, 0.4) is 0 Å². The van der Waals surface area contributed by atoms with Crippen LogP contribution in [0.15, 0.2) is 35.1 Å². The zero-order valence-corrected chi connectivity index (χ0v) is 10.8. The molecule has 19 heavy (non-hydrogen) atoms. The number of nitriles is 1. The molecule has 0 aliphatic rings. The summed E-state index contributed by atoms with van der Waals surface area (Å²) in [4.78, 5) is 17.9. The highest BCUT2D eigenvalue weighted by Crippen LogP contribution is 2.11. The third-order valence-corrected chi connectivity index (χ3v) is 2.68. The summed E-state index contributed by atoms with van der Waals surface area (Å²) in [6.45, 7) is 2.37. The first-order valence-electron chi connectivity index (χ1n) is 5.76. The summed E-state index contributed by atoms with van der Waals surface area (Å²) in [6, 6.07) is 7.11. The van der Waals surface area contributed by atoms with Crippen molar-refractivity contribution in [3.05, 3.63) is 53.2 Å². The van der Waals surface area contributed by atoms with E-state index in [1.54, 1.807) is 13.2 Å². The van der Waals surface area contributed by atoms with E-state index in [2.05, 4.69) is 4.98 Å². The smallest absolute Gasteiger partial charge is 0.257 e. The van der Waals surface area contributed by atoms with Gasteiger partial charge in [0.2, 0.25) is 5.76 Å². The molecule has 0 saturated heterocycles. The lowest BCUT2D eigenvalue weighted by molar-refractivity contribution is 0.0782. The summed E-state index contributed by atoms with van der Waals surface area (Å²) < 4.78 is 4.93. The van der Waals surface area contributed by atoms with Gasteiger partial charge in [-0.1, -0.05) is 6.07 Å². The number of aromatic nitrogens is 1. The van der Waals surface area contributed by atoms with E-state index >= 15 is 0 Å². The molecule has 0 atom stereocenters. The van der Waals surface area contributed by atoms with E-state index in [1.165, 1.54) is 17.2 Å². The molecule has 5 nitrogen and oxygen atoms in total. The zero-order valence-electron chi connectivity index (χ0n) is 10.8. The minimum Gasteiger partial charge on any atom is -0.453 e. The molecule has 0 saturated carbocycles. The Morgan fingerprint density at radius 1 is 1.53 bits per heavy atom. The number of rotatable bonds is 3. The summed E-state index contributed by atoms with van der Waals surface area (Å²) >= 11 is 0. The maximum absolute atomic E-state index is 12.1. The molecule has 0 N–H and O–H groups in total. The summed E-state index contributed by atoms with van der Waals surface area (Å²) in [7, 11) is 1.68. The third kappa shape index (κ3) is 2.99. The second-order valence-corrected chi connectivity index (χ2v) is 4.30. The van der Waals surface area contributed by atoms with Crippen molar-refractivity contribution in [2.24, 2.45) is 0 Å². The van der Waals surface area contributed by atoms with Gasteiger partial charge in [-0.3, -0.25) is 9.78 Å². The molecule has 0 unspecified atom stereocenters. The van der Waals surface area contributed by atoms with E-state index < -0.39 is 0 Å². The second-order valence-electron chi connectivity index (χ2n) is 4.30. The minimum absolute atomic E-state index is 0.130. The minimum atomic E-state index is -0.201. The summed E-state index contributed by atoms with van der Waals surface area (Å²) in [5.41, 5.74) is 2.25. The molecule has 0 radical (unpaired) electrons. The lowest BCUT2D eigenvalue weighted by atomic mass is 10.2. The van der Waals surface area contributed by atoms with Crippen LogP contribution in [0.1, 0.15) is 27.4 Å². The first-order valence-corrected chi connectivity index (χ1v) is 5.76. The van der Waals surface area contributed by atoms with Crippen molar-refractivity contribution in [3.63, 3.8) is 0 Å². The van der Waals surface area contributed by atoms with Gasteiger partial charge in [-0.15, -0.1) is 0 Å². The molecular weight excluding hydrogens is 242 g/mol. The van der Waals surface area contributed by atoms with Gasteiger partial charge >= 0.3 is 0 Å². The number of nitrogens with zero attached hydrogens (tertiary/aromatic N) is 3. The first-order chi connectivity index (χ1) is 9.10. The standard InChI is InChI=1S/C14H13N3O2/c1-10-3-4-12(16-7-10)8-17(2)14(18)11-5-13(6-15)19-9-11/h3-5,7,9H,8H2,1-2H3. The Morgan fingerprint density at radius 2 is 2.32 bits per heavy atom. The van der Waals surface area contributed by atoms with E-state index in [1.807, 2.05) is 25.1 Å². The quantitative estimate of drug-likeness (QED) is 0.842. The van der Waals surface area contributed by atoms with Crippen LogP contribution in [0.4, 0.5) is 0 Å². The molecule has 2 heterocycles. The van der Waals surface area contributed by atoms with E-state index in [9.17, 15) is 4.79 Å². The monoisotopic (exact) mass is 255 g/mol. The maximum Gasteiger partial charge on any atom is 0.257 e. The lowest BCUT2D eigenvalue weighted by Crippen LogP contribution is -2.26. The van der Waals surface area contributed by atoms with Crippen molar-refractivity contribution in [2.75, 3.05) is 7.05 Å². The van der Waals surface area contributed by atoms with Crippen LogP contribution in [0.25, 0.3) is 0 Å². The number of aryl methyl sites for hydroxylation is 1. The predicted molar refractivity (Wildman–Crippen MR) is 68.2 cm³/mol. The molecular formula is C14H13N3O2. The Kier molecular flexibility index (Phi) is 3.62. The molecule has 2 aromatic rings. The number of carbonyl (C=O) groups excluding carboxylic acids is 1. The van der Waals surface area contributed by atoms with Crippen LogP contribution >= 0.6 is 0 Å². The summed E-state index contributed by atoms with van der Waals surface area (Å²) in [5, 5.41) is 8.65. The molecule has 96 valence electrons. The van der Waals surface area contributed by atoms with Crippen LogP contribution in [0, 0.1) is 18.3 Å². The largest absolute Gasteiger partial charge is 0.453 e. The highest BCUT2D eigenvalue weighted by molar-refractivity contribution is 5.93. The Labute approximate surface area is 111 Å². The number of hydrogen-bond donors (Lipinski definition) is 0. The normalized spacial score (nSPS) is 9.95. The van der Waals surface area contributed by atoms with Crippen LogP contribution in [0.5, 0.6) is 0 Å². The highest BCUT2D eigenvalue weighted by atomic mass is 16.3. The van der Waals surface area contributed by atoms with E-state index in [-0.39, 0.29) is 11.7 Å². The van der Waals surface area contributed by atoms with Crippen LogP contribution < -0.4 is 0 Å². The average Bonchev–Trinajstić information content (AvgIpc) is 2.89. The van der Waals surface area contributed by atoms with Gasteiger partial charge in [-0.25, -0.2) is 0 Å². The molecule has 2 aromatic heterocycles. The van der Waals surface area contributed by atoms with Crippen molar-refractivity contribution in [1.29, 1.82) is 5.26 Å². The van der Waals surface area contributed by atoms with Gasteiger partial charge < -0.3 is 9.32 Å². The molecule has 0 aliphatic heterocycles. The van der Waals surface area contributed by atoms with Crippen molar-refractivity contribution in [1.82, 2.24) is 9.88 Å². The van der Waals surface area contributed by atoms with E-state index in [0.29, 0.717) is 12.1 Å². The third-order valence-electron chi connectivity index (χ3n) is 2.68. The molecule has 0 fully saturated rings. The average molecular weight is 255 g/mol. The van der Waals surface area contributed by atoms with Gasteiger partial charge in [-0.05, 0) is 18.6 Å². The van der Waals surface area contributed by atoms with Gasteiger partial charge in [0.15, 0.2) is 0 Å². The maximum atomic E-state index is 12.1. The molecule has 0 bridgehead atoms. The number of carbonyl (C=O) groups is 1. The van der Waals surface area contributed by atoms with Crippen molar-refractivity contribution in [2.45, 2.75) is 13.5 Å². The van der Waals surface area contributed by atoms with Gasteiger partial charge in [0.05, 0.1) is 17.8 Å². The van der Waals surface area contributed by atoms with Crippen LogP contribution in [-0.2, 0) is 6.54 Å². The fourth-order valence-electron chi connectivity index (χ4n) is 1.63. The predicted octanol–water partition coefficient (Wildman–Crippen LogP) is 2.13. The topological polar surface area (TPSA) is 70.1 Å². The number of furan rings is 1. The van der Waals surface area contributed by atoms with E-state index in [0.717, 1.165) is 11.3 Å². The lowest BCUT2D eigenvalue weighted by Gasteiger charge is -2.15. The first kappa shape index (κ1) is 12.8. The molecule has 1 amide bonds. The van der Waals surface area contributed by atoms with Crippen molar-refractivity contribution in [3.8, 4) is 6.07 Å². The molecule has 5 heteroatoms. The molecule has 0 aromatic carbocycles. The van der Waals surface area contributed by atoms with Crippen LogP contribution in [-0.4, -0.2) is 22.8 Å². The zero-order chi connectivity index (χ0) is 13.8. The van der Waals surface area contributed by atoms with Crippen LogP contribution in [0.2, 0.25) is 0 Å². The molecule has 0 spiro atoms. The molecule has 2 rings (SSSR count). The van der Waals surface area contributed by atoms with Gasteiger partial charge in [0, 0.05) is 19.3 Å². The highest BCUT2D eigenvalue weighted by Gasteiger charge is 2.15. The SMILES string of the molecule is Cc1ccc(CN(C)C(=O)c2coc(C#N)c2)nc1. The second kappa shape index (κ2) is 5.36.